The minimum absolute atomic E-state index is 0.0287. The molecule has 0 aliphatic rings. The fourth-order valence-corrected chi connectivity index (χ4v) is 11.6. The lowest BCUT2D eigenvalue weighted by atomic mass is 10.0. The molecule has 0 saturated heterocycles. The smallest absolute Gasteiger partial charge is 0.462 e. The molecule has 2 unspecified atom stereocenters. The van der Waals surface area contributed by atoms with E-state index in [0.29, 0.717) is 17.4 Å². The average molecular weight is 1280 g/mol. The molecule has 0 heterocycles. The molecule has 0 fully saturated rings. The molecule has 0 amide bonds. The van der Waals surface area contributed by atoms with E-state index in [4.69, 9.17) is 18.5 Å². The Kier molecular flexibility index (Phi) is 67.9. The number of allylic oxidation sites excluding steroid dienone is 16. The number of unbranched alkanes of at least 4 members (excludes halogenated alkanes) is 40. The molecule has 0 bridgehead atoms. The lowest BCUT2D eigenvalue weighted by Gasteiger charge is -2.24. The minimum atomic E-state index is -4.40. The number of carbonyl (C=O) groups is 2. The van der Waals surface area contributed by atoms with E-state index in [1.807, 2.05) is 21.1 Å². The van der Waals surface area contributed by atoms with E-state index >= 15 is 0 Å². The number of esters is 2. The van der Waals surface area contributed by atoms with Gasteiger partial charge in [-0.1, -0.05) is 336 Å². The van der Waals surface area contributed by atoms with Crippen molar-refractivity contribution in [2.45, 2.75) is 354 Å². The molecule has 90 heavy (non-hydrogen) atoms. The topological polar surface area (TPSA) is 108 Å². The van der Waals surface area contributed by atoms with Crippen molar-refractivity contribution in [3.8, 4) is 0 Å². The van der Waals surface area contributed by atoms with Crippen molar-refractivity contribution in [3.63, 3.8) is 0 Å². The molecule has 10 heteroatoms. The number of rotatable bonds is 70. The number of phosphoric acid groups is 1. The predicted octanol–water partition coefficient (Wildman–Crippen LogP) is 25.1. The van der Waals surface area contributed by atoms with Crippen molar-refractivity contribution in [2.24, 2.45) is 0 Å². The maximum atomic E-state index is 12.9. The molecular formula is C80H145NO8P+. The molecular weight excluding hydrogens is 1130 g/mol. The van der Waals surface area contributed by atoms with E-state index in [2.05, 4.69) is 111 Å². The van der Waals surface area contributed by atoms with Gasteiger partial charge >= 0.3 is 19.8 Å². The number of hydrogen-bond acceptors (Lipinski definition) is 7. The van der Waals surface area contributed by atoms with Crippen molar-refractivity contribution in [2.75, 3.05) is 47.5 Å². The Morgan fingerprint density at radius 1 is 0.356 bits per heavy atom. The van der Waals surface area contributed by atoms with Crippen LogP contribution in [0.15, 0.2) is 97.2 Å². The van der Waals surface area contributed by atoms with Gasteiger partial charge in [0, 0.05) is 12.8 Å². The van der Waals surface area contributed by atoms with Crippen molar-refractivity contribution >= 4 is 19.8 Å². The zero-order valence-electron chi connectivity index (χ0n) is 59.6. The summed E-state index contributed by atoms with van der Waals surface area (Å²) >= 11 is 0. The lowest BCUT2D eigenvalue weighted by Crippen LogP contribution is -2.37. The Balaban J connectivity index is 3.97. The number of hydrogen-bond donors (Lipinski definition) is 1. The number of quaternary nitrogens is 1. The summed E-state index contributed by atoms with van der Waals surface area (Å²) in [6.07, 6.45) is 98.2. The van der Waals surface area contributed by atoms with Gasteiger partial charge in [0.15, 0.2) is 6.10 Å². The zero-order chi connectivity index (χ0) is 65.5. The van der Waals surface area contributed by atoms with Crippen LogP contribution in [0.25, 0.3) is 0 Å². The molecule has 0 aliphatic heterocycles. The summed E-state index contributed by atoms with van der Waals surface area (Å²) in [5, 5.41) is 0. The largest absolute Gasteiger partial charge is 0.472 e. The summed E-state index contributed by atoms with van der Waals surface area (Å²) in [7, 11) is 1.48. The summed E-state index contributed by atoms with van der Waals surface area (Å²) in [6.45, 7) is 4.34. The molecule has 0 rings (SSSR count). The molecule has 0 aromatic heterocycles. The maximum Gasteiger partial charge on any atom is 0.472 e. The van der Waals surface area contributed by atoms with Crippen LogP contribution in [0.2, 0.25) is 0 Å². The quantitative estimate of drug-likeness (QED) is 0.0211. The SMILES string of the molecule is CC/C=C\C/C=C\C/C=C\C/C=C\C/C=C\C/C=C\CCCCCCCCCCCCC(=O)OC(COC(=O)CCCCCCCCCCCCCCCCCCCCCCCCCCC/C=C\C/C=C\CCCCCCC)COP(=O)(O)OCC[N+](C)(C)C. The van der Waals surface area contributed by atoms with Crippen LogP contribution in [-0.4, -0.2) is 74.9 Å². The van der Waals surface area contributed by atoms with E-state index in [9.17, 15) is 19.0 Å². The van der Waals surface area contributed by atoms with Crippen molar-refractivity contribution in [3.05, 3.63) is 97.2 Å². The highest BCUT2D eigenvalue weighted by molar-refractivity contribution is 7.47. The first kappa shape index (κ1) is 86.9. The molecule has 0 aliphatic carbocycles. The highest BCUT2D eigenvalue weighted by Gasteiger charge is 2.27. The molecule has 0 aromatic carbocycles. The van der Waals surface area contributed by atoms with Gasteiger partial charge < -0.3 is 18.9 Å². The fourth-order valence-electron chi connectivity index (χ4n) is 10.8. The Morgan fingerprint density at radius 3 is 0.944 bits per heavy atom. The van der Waals surface area contributed by atoms with Crippen LogP contribution in [0.5, 0.6) is 0 Å². The molecule has 9 nitrogen and oxygen atoms in total. The van der Waals surface area contributed by atoms with Gasteiger partial charge in [0.05, 0.1) is 27.7 Å². The third kappa shape index (κ3) is 74.0. The Hall–Kier alpha value is -3.07. The van der Waals surface area contributed by atoms with Gasteiger partial charge in [-0.15, -0.1) is 0 Å². The number of phosphoric ester groups is 1. The van der Waals surface area contributed by atoms with E-state index in [1.54, 1.807) is 0 Å². The van der Waals surface area contributed by atoms with Crippen molar-refractivity contribution in [1.82, 2.24) is 0 Å². The maximum absolute atomic E-state index is 12.9. The molecule has 2 atom stereocenters. The van der Waals surface area contributed by atoms with Gasteiger partial charge in [0.25, 0.3) is 0 Å². The molecule has 0 radical (unpaired) electrons. The normalized spacial score (nSPS) is 13.6. The van der Waals surface area contributed by atoms with E-state index in [0.717, 1.165) is 89.9 Å². The third-order valence-electron chi connectivity index (χ3n) is 16.6. The summed E-state index contributed by atoms with van der Waals surface area (Å²) in [4.78, 5) is 35.9. The summed E-state index contributed by atoms with van der Waals surface area (Å²) < 4.78 is 34.8. The van der Waals surface area contributed by atoms with Crippen LogP contribution in [0.4, 0.5) is 0 Å². The summed E-state index contributed by atoms with van der Waals surface area (Å²) in [6, 6.07) is 0. The molecule has 1 N–H and O–H groups in total. The molecule has 522 valence electrons. The van der Waals surface area contributed by atoms with E-state index in [1.165, 1.54) is 225 Å². The highest BCUT2D eigenvalue weighted by Crippen LogP contribution is 2.43. The molecule has 0 spiro atoms. The Labute approximate surface area is 557 Å². The predicted molar refractivity (Wildman–Crippen MR) is 390 cm³/mol. The van der Waals surface area contributed by atoms with Gasteiger partial charge in [0.2, 0.25) is 0 Å². The fraction of sp³-hybridized carbons (Fsp3) is 0.775. The monoisotopic (exact) mass is 1280 g/mol. The number of ether oxygens (including phenoxy) is 2. The zero-order valence-corrected chi connectivity index (χ0v) is 60.5. The second-order valence-corrected chi connectivity index (χ2v) is 28.1. The second-order valence-electron chi connectivity index (χ2n) is 26.7. The van der Waals surface area contributed by atoms with Crippen LogP contribution >= 0.6 is 7.82 Å². The standard InChI is InChI=1S/C80H144NO8P/c1-6-8-10-12-14-16-18-20-22-24-26-28-30-32-34-36-37-38-39-40-41-42-43-45-46-48-50-52-54-56-58-60-62-64-66-68-70-72-79(82)86-76-78(77-88-90(84,85)87-75-74-81(3,4)5)89-80(83)73-71-69-67-65-63-61-59-57-55-53-51-49-47-44-35-33-31-29-27-25-23-21-19-17-15-13-11-9-7-2/h9,11,15,17-18,20-21,23-24,26-27,29,33,35,47,49,78H,6-8,10,12-14,16,19,22,25,28,30-32,34,36-46,48,50-77H2,1-5H3/p+1/b11-9-,17-15-,20-18-,23-21-,26-24-,29-27-,35-33-,49-47-. The van der Waals surface area contributed by atoms with Gasteiger partial charge in [-0.3, -0.25) is 18.6 Å². The van der Waals surface area contributed by atoms with E-state index < -0.39 is 26.5 Å². The Bertz CT molecular complexity index is 1840. The highest BCUT2D eigenvalue weighted by atomic mass is 31.2. The van der Waals surface area contributed by atoms with Gasteiger partial charge in [-0.2, -0.15) is 0 Å². The van der Waals surface area contributed by atoms with Crippen LogP contribution in [-0.2, 0) is 32.7 Å². The average Bonchev–Trinajstić information content (AvgIpc) is 3.58. The summed E-state index contributed by atoms with van der Waals surface area (Å²) in [5.41, 5.74) is 0. The van der Waals surface area contributed by atoms with Crippen LogP contribution < -0.4 is 0 Å². The lowest BCUT2D eigenvalue weighted by molar-refractivity contribution is -0.870. The van der Waals surface area contributed by atoms with Gasteiger partial charge in [-0.05, 0) is 96.3 Å². The third-order valence-corrected chi connectivity index (χ3v) is 17.6. The van der Waals surface area contributed by atoms with Crippen LogP contribution in [0.1, 0.15) is 348 Å². The van der Waals surface area contributed by atoms with Gasteiger partial charge in [0.1, 0.15) is 19.8 Å². The molecule has 0 saturated carbocycles. The first-order valence-corrected chi connectivity index (χ1v) is 39.5. The second kappa shape index (κ2) is 70.3. The van der Waals surface area contributed by atoms with Crippen LogP contribution in [0, 0.1) is 0 Å². The van der Waals surface area contributed by atoms with Crippen molar-refractivity contribution in [1.29, 1.82) is 0 Å². The minimum Gasteiger partial charge on any atom is -0.462 e. The summed E-state index contributed by atoms with van der Waals surface area (Å²) in [5.74, 6) is -0.792. The van der Waals surface area contributed by atoms with E-state index in [-0.39, 0.29) is 32.0 Å². The molecule has 0 aromatic rings. The first-order chi connectivity index (χ1) is 44.0. The van der Waals surface area contributed by atoms with Crippen molar-refractivity contribution < 1.29 is 42.1 Å². The van der Waals surface area contributed by atoms with Crippen LogP contribution in [0.3, 0.4) is 0 Å². The number of nitrogens with zero attached hydrogens (tertiary/aromatic N) is 1. The Morgan fingerprint density at radius 2 is 0.633 bits per heavy atom. The first-order valence-electron chi connectivity index (χ1n) is 38.0. The number of carbonyl (C=O) groups excluding carboxylic acids is 2. The number of likely N-dealkylation sites (N-methyl/N-ethyl adjacent to an activating group) is 1. The van der Waals surface area contributed by atoms with Gasteiger partial charge in [-0.25, -0.2) is 4.57 Å².